The first-order valence-electron chi connectivity index (χ1n) is 6.05. The number of rotatable bonds is 5. The highest BCUT2D eigenvalue weighted by molar-refractivity contribution is 7.89. The van der Waals surface area contributed by atoms with E-state index in [1.807, 2.05) is 0 Å². The minimum atomic E-state index is -3.56. The number of nitrogens with zero attached hydrogens (tertiary/aromatic N) is 1. The van der Waals surface area contributed by atoms with Gasteiger partial charge in [0.05, 0.1) is 17.8 Å². The molecule has 7 heteroatoms. The molecule has 2 heterocycles. The Bertz CT molecular complexity index is 700. The first-order chi connectivity index (χ1) is 9.36. The SMILES string of the molecule is Cc1occc1CN(C)S(=O)(=O)c1cc(CO)sc1C. The maximum atomic E-state index is 12.5. The molecule has 0 fully saturated rings. The molecule has 20 heavy (non-hydrogen) atoms. The van der Waals surface area contributed by atoms with Crippen molar-refractivity contribution in [1.82, 2.24) is 4.31 Å². The molecule has 0 aliphatic rings. The zero-order valence-electron chi connectivity index (χ0n) is 11.6. The quantitative estimate of drug-likeness (QED) is 0.919. The van der Waals surface area contributed by atoms with Crippen LogP contribution in [0.2, 0.25) is 0 Å². The lowest BCUT2D eigenvalue weighted by Crippen LogP contribution is -2.26. The average Bonchev–Trinajstić information content (AvgIpc) is 2.96. The molecule has 0 atom stereocenters. The Morgan fingerprint density at radius 3 is 2.60 bits per heavy atom. The van der Waals surface area contributed by atoms with E-state index in [9.17, 15) is 8.42 Å². The third-order valence-corrected chi connectivity index (χ3v) is 6.22. The summed E-state index contributed by atoms with van der Waals surface area (Å²) >= 11 is 1.30. The second-order valence-corrected chi connectivity index (χ2v) is 7.91. The van der Waals surface area contributed by atoms with Crippen molar-refractivity contribution in [3.05, 3.63) is 39.5 Å². The summed E-state index contributed by atoms with van der Waals surface area (Å²) < 4.78 is 31.5. The summed E-state index contributed by atoms with van der Waals surface area (Å²) in [7, 11) is -2.02. The number of furan rings is 1. The third-order valence-electron chi connectivity index (χ3n) is 3.13. The van der Waals surface area contributed by atoms with Crippen molar-refractivity contribution in [1.29, 1.82) is 0 Å². The Morgan fingerprint density at radius 2 is 2.10 bits per heavy atom. The number of hydrogen-bond acceptors (Lipinski definition) is 5. The second kappa shape index (κ2) is 5.69. The van der Waals surface area contributed by atoms with Gasteiger partial charge in [-0.1, -0.05) is 0 Å². The predicted octanol–water partition coefficient (Wildman–Crippen LogP) is 2.27. The van der Waals surface area contributed by atoms with Crippen molar-refractivity contribution in [2.24, 2.45) is 0 Å². The summed E-state index contributed by atoms with van der Waals surface area (Å²) in [6, 6.07) is 3.30. The zero-order chi connectivity index (χ0) is 14.9. The normalized spacial score (nSPS) is 12.2. The monoisotopic (exact) mass is 315 g/mol. The van der Waals surface area contributed by atoms with E-state index in [2.05, 4.69) is 0 Å². The summed E-state index contributed by atoms with van der Waals surface area (Å²) in [6.45, 7) is 3.66. The van der Waals surface area contributed by atoms with Gasteiger partial charge in [-0.15, -0.1) is 11.3 Å². The van der Waals surface area contributed by atoms with Crippen LogP contribution in [0.5, 0.6) is 0 Å². The predicted molar refractivity (Wildman–Crippen MR) is 77.1 cm³/mol. The number of sulfonamides is 1. The van der Waals surface area contributed by atoms with Gasteiger partial charge in [-0.05, 0) is 26.0 Å². The highest BCUT2D eigenvalue weighted by Crippen LogP contribution is 2.28. The summed E-state index contributed by atoms with van der Waals surface area (Å²) in [6.07, 6.45) is 1.55. The van der Waals surface area contributed by atoms with Crippen LogP contribution in [0, 0.1) is 13.8 Å². The van der Waals surface area contributed by atoms with Crippen LogP contribution in [0.3, 0.4) is 0 Å². The fraction of sp³-hybridized carbons (Fsp3) is 0.385. The van der Waals surface area contributed by atoms with E-state index in [0.717, 1.165) is 5.56 Å². The fourth-order valence-corrected chi connectivity index (χ4v) is 4.54. The smallest absolute Gasteiger partial charge is 0.244 e. The van der Waals surface area contributed by atoms with E-state index in [4.69, 9.17) is 9.52 Å². The van der Waals surface area contributed by atoms with Gasteiger partial charge in [0.2, 0.25) is 10.0 Å². The van der Waals surface area contributed by atoms with Crippen molar-refractivity contribution >= 4 is 21.4 Å². The Morgan fingerprint density at radius 1 is 1.40 bits per heavy atom. The first kappa shape index (κ1) is 15.2. The van der Waals surface area contributed by atoms with E-state index in [-0.39, 0.29) is 18.0 Å². The molecule has 2 rings (SSSR count). The molecular weight excluding hydrogens is 298 g/mol. The van der Waals surface area contributed by atoms with Crippen molar-refractivity contribution in [3.63, 3.8) is 0 Å². The maximum absolute atomic E-state index is 12.5. The molecule has 5 nitrogen and oxygen atoms in total. The van der Waals surface area contributed by atoms with Crippen LogP contribution in [0.1, 0.15) is 21.1 Å². The van der Waals surface area contributed by atoms with Gasteiger partial charge in [-0.2, -0.15) is 4.31 Å². The van der Waals surface area contributed by atoms with Crippen LogP contribution >= 0.6 is 11.3 Å². The number of aryl methyl sites for hydroxylation is 2. The topological polar surface area (TPSA) is 70.8 Å². The van der Waals surface area contributed by atoms with Gasteiger partial charge in [-0.25, -0.2) is 8.42 Å². The van der Waals surface area contributed by atoms with E-state index < -0.39 is 10.0 Å². The van der Waals surface area contributed by atoms with E-state index in [0.29, 0.717) is 15.5 Å². The lowest BCUT2D eigenvalue weighted by atomic mass is 10.3. The first-order valence-corrected chi connectivity index (χ1v) is 8.31. The van der Waals surface area contributed by atoms with Crippen molar-refractivity contribution in [3.8, 4) is 0 Å². The van der Waals surface area contributed by atoms with Gasteiger partial charge in [0, 0.05) is 28.9 Å². The molecule has 110 valence electrons. The fourth-order valence-electron chi connectivity index (χ4n) is 1.93. The van der Waals surface area contributed by atoms with Crippen LogP contribution in [0.4, 0.5) is 0 Å². The minimum Gasteiger partial charge on any atom is -0.469 e. The van der Waals surface area contributed by atoms with Crippen LogP contribution in [-0.2, 0) is 23.2 Å². The molecule has 0 unspecified atom stereocenters. The molecular formula is C13H17NO4S2. The molecule has 2 aromatic rings. The van der Waals surface area contributed by atoms with E-state index >= 15 is 0 Å². The lowest BCUT2D eigenvalue weighted by Gasteiger charge is -2.16. The molecule has 0 aromatic carbocycles. The van der Waals surface area contributed by atoms with Gasteiger partial charge >= 0.3 is 0 Å². The molecule has 0 aliphatic carbocycles. The molecule has 0 amide bonds. The molecule has 2 aromatic heterocycles. The molecule has 1 N–H and O–H groups in total. The van der Waals surface area contributed by atoms with Gasteiger partial charge in [0.25, 0.3) is 0 Å². The Balaban J connectivity index is 2.29. The summed E-state index contributed by atoms with van der Waals surface area (Å²) in [5.74, 6) is 0.713. The maximum Gasteiger partial charge on any atom is 0.244 e. The second-order valence-electron chi connectivity index (χ2n) is 4.55. The highest BCUT2D eigenvalue weighted by atomic mass is 32.2. The van der Waals surface area contributed by atoms with E-state index in [1.54, 1.807) is 26.2 Å². The van der Waals surface area contributed by atoms with Crippen LogP contribution in [-0.4, -0.2) is 24.9 Å². The Labute approximate surface area is 122 Å². The summed E-state index contributed by atoms with van der Waals surface area (Å²) in [5.41, 5.74) is 0.839. The van der Waals surface area contributed by atoms with E-state index in [1.165, 1.54) is 28.8 Å². The standard InChI is InChI=1S/C13H17NO4S2/c1-9-11(4-5-18-9)7-14(3)20(16,17)13-6-12(8-15)19-10(13)2/h4-6,15H,7-8H2,1-3H3. The third kappa shape index (κ3) is 2.80. The summed E-state index contributed by atoms with van der Waals surface area (Å²) in [5, 5.41) is 9.11. The minimum absolute atomic E-state index is 0.147. The molecule has 0 saturated heterocycles. The number of thiophene rings is 1. The lowest BCUT2D eigenvalue weighted by molar-refractivity contribution is 0.285. The zero-order valence-corrected chi connectivity index (χ0v) is 13.2. The molecule has 0 spiro atoms. The van der Waals surface area contributed by atoms with Crippen molar-refractivity contribution in [2.45, 2.75) is 31.9 Å². The van der Waals surface area contributed by atoms with Gasteiger partial charge in [-0.3, -0.25) is 0 Å². The van der Waals surface area contributed by atoms with Crippen LogP contribution in [0.15, 0.2) is 27.7 Å². The molecule has 0 radical (unpaired) electrons. The largest absolute Gasteiger partial charge is 0.469 e. The average molecular weight is 315 g/mol. The van der Waals surface area contributed by atoms with Gasteiger partial charge < -0.3 is 9.52 Å². The number of aliphatic hydroxyl groups is 1. The van der Waals surface area contributed by atoms with Crippen LogP contribution < -0.4 is 0 Å². The van der Waals surface area contributed by atoms with Gasteiger partial charge in [0.15, 0.2) is 0 Å². The number of hydrogen-bond donors (Lipinski definition) is 1. The molecule has 0 aliphatic heterocycles. The van der Waals surface area contributed by atoms with Crippen LogP contribution in [0.25, 0.3) is 0 Å². The number of aliphatic hydroxyl groups excluding tert-OH is 1. The Kier molecular flexibility index (Phi) is 4.33. The molecule has 0 bridgehead atoms. The highest BCUT2D eigenvalue weighted by Gasteiger charge is 2.25. The van der Waals surface area contributed by atoms with Gasteiger partial charge in [0.1, 0.15) is 5.76 Å². The molecule has 0 saturated carbocycles. The summed E-state index contributed by atoms with van der Waals surface area (Å²) in [4.78, 5) is 1.59. The van der Waals surface area contributed by atoms with Crippen molar-refractivity contribution < 1.29 is 17.9 Å². The Hall–Kier alpha value is -1.15. The van der Waals surface area contributed by atoms with Crippen molar-refractivity contribution in [2.75, 3.05) is 7.05 Å².